The van der Waals surface area contributed by atoms with E-state index in [0.717, 1.165) is 49.1 Å². The summed E-state index contributed by atoms with van der Waals surface area (Å²) in [5.74, 6) is 0.109. The van der Waals surface area contributed by atoms with Crippen molar-refractivity contribution in [3.63, 3.8) is 0 Å². The highest BCUT2D eigenvalue weighted by molar-refractivity contribution is 9.10. The topological polar surface area (TPSA) is 44.4 Å². The molecule has 0 spiro atoms. The fraction of sp³-hybridized carbons (Fsp3) is 0.562. The molecule has 116 valence electrons. The van der Waals surface area contributed by atoms with Crippen molar-refractivity contribution in [2.45, 2.75) is 38.8 Å². The molecule has 1 unspecified atom stereocenters. The minimum absolute atomic E-state index is 0.0361. The quantitative estimate of drug-likeness (QED) is 0.772. The molecular weight excluding hydrogens is 330 g/mol. The van der Waals surface area contributed by atoms with Crippen molar-refractivity contribution < 1.29 is 4.79 Å². The molecule has 21 heavy (non-hydrogen) atoms. The first-order valence-corrected chi connectivity index (χ1v) is 8.44. The summed E-state index contributed by atoms with van der Waals surface area (Å²) in [5.41, 5.74) is 2.37. The number of carbonyl (C=O) groups excluding carboxylic acids is 1. The highest BCUT2D eigenvalue weighted by Crippen LogP contribution is 2.29. The van der Waals surface area contributed by atoms with Gasteiger partial charge in [0.15, 0.2) is 0 Å². The van der Waals surface area contributed by atoms with Crippen molar-refractivity contribution in [1.29, 1.82) is 0 Å². The van der Waals surface area contributed by atoms with Crippen molar-refractivity contribution >= 4 is 27.5 Å². The molecule has 1 aliphatic rings. The van der Waals surface area contributed by atoms with Crippen molar-refractivity contribution in [1.82, 2.24) is 10.6 Å². The second-order valence-corrected chi connectivity index (χ2v) is 6.27. The molecule has 0 radical (unpaired) electrons. The van der Waals surface area contributed by atoms with Gasteiger partial charge in [0.05, 0.1) is 0 Å². The van der Waals surface area contributed by atoms with E-state index in [1.54, 1.807) is 7.05 Å². The Morgan fingerprint density at radius 3 is 2.95 bits per heavy atom. The van der Waals surface area contributed by atoms with E-state index < -0.39 is 0 Å². The van der Waals surface area contributed by atoms with Crippen LogP contribution < -0.4 is 15.5 Å². The third kappa shape index (κ3) is 3.98. The number of hydrogen-bond donors (Lipinski definition) is 2. The zero-order valence-corrected chi connectivity index (χ0v) is 14.4. The lowest BCUT2D eigenvalue weighted by atomic mass is 10.1. The monoisotopic (exact) mass is 353 g/mol. The van der Waals surface area contributed by atoms with Gasteiger partial charge in [0.25, 0.3) is 0 Å². The summed E-state index contributed by atoms with van der Waals surface area (Å²) in [7, 11) is 1.71. The maximum absolute atomic E-state index is 11.9. The molecule has 1 atom stereocenters. The van der Waals surface area contributed by atoms with E-state index in [2.05, 4.69) is 56.6 Å². The number of hydrogen-bond acceptors (Lipinski definition) is 3. The normalized spacial score (nSPS) is 18.0. The second kappa shape index (κ2) is 7.80. The molecule has 1 aromatic carbocycles. The third-order valence-corrected chi connectivity index (χ3v) is 4.65. The first-order chi connectivity index (χ1) is 10.2. The predicted molar refractivity (Wildman–Crippen MR) is 90.6 cm³/mol. The average Bonchev–Trinajstić information content (AvgIpc) is 2.97. The number of carbonyl (C=O) groups is 1. The molecule has 1 amide bonds. The van der Waals surface area contributed by atoms with Crippen LogP contribution in [-0.4, -0.2) is 32.1 Å². The molecule has 1 saturated heterocycles. The lowest BCUT2D eigenvalue weighted by Crippen LogP contribution is -2.42. The van der Waals surface area contributed by atoms with Crippen LogP contribution in [-0.2, 0) is 11.3 Å². The lowest BCUT2D eigenvalue weighted by Gasteiger charge is -2.26. The lowest BCUT2D eigenvalue weighted by molar-refractivity contribution is -0.121. The number of likely N-dealkylation sites (N-methyl/N-ethyl adjacent to an activating group) is 1. The van der Waals surface area contributed by atoms with Crippen molar-refractivity contribution in [2.75, 3.05) is 25.0 Å². The summed E-state index contributed by atoms with van der Waals surface area (Å²) in [4.78, 5) is 14.2. The van der Waals surface area contributed by atoms with Crippen molar-refractivity contribution in [3.8, 4) is 0 Å². The van der Waals surface area contributed by atoms with Crippen LogP contribution in [0, 0.1) is 0 Å². The standard InChI is InChI=1S/C16H24BrN3O/c1-3-8-19-11-12-6-7-13(10-14(12)17)20-9-4-5-15(20)16(21)18-2/h6-7,10,15,19H,3-5,8-9,11H2,1-2H3,(H,18,21). The van der Waals surface area contributed by atoms with E-state index in [4.69, 9.17) is 0 Å². The van der Waals surface area contributed by atoms with Gasteiger partial charge in [-0.2, -0.15) is 0 Å². The molecule has 2 rings (SSSR count). The summed E-state index contributed by atoms with van der Waals surface area (Å²) in [6.07, 6.45) is 3.13. The molecule has 0 bridgehead atoms. The van der Waals surface area contributed by atoms with Crippen LogP contribution in [0.4, 0.5) is 5.69 Å². The maximum atomic E-state index is 11.9. The molecule has 1 heterocycles. The van der Waals surface area contributed by atoms with E-state index in [1.807, 2.05) is 0 Å². The van der Waals surface area contributed by atoms with Gasteiger partial charge >= 0.3 is 0 Å². The minimum atomic E-state index is -0.0361. The Kier molecular flexibility index (Phi) is 6.06. The minimum Gasteiger partial charge on any atom is -0.359 e. The Morgan fingerprint density at radius 2 is 2.29 bits per heavy atom. The molecule has 4 nitrogen and oxygen atoms in total. The van der Waals surface area contributed by atoms with Crippen LogP contribution in [0.1, 0.15) is 31.7 Å². The zero-order valence-electron chi connectivity index (χ0n) is 12.8. The summed E-state index contributed by atoms with van der Waals surface area (Å²) in [5, 5.41) is 6.17. The number of nitrogens with one attached hydrogen (secondary N) is 2. The van der Waals surface area contributed by atoms with Crippen molar-refractivity contribution in [2.24, 2.45) is 0 Å². The molecule has 1 aromatic rings. The fourth-order valence-electron chi connectivity index (χ4n) is 2.77. The van der Waals surface area contributed by atoms with Gasteiger partial charge in [-0.05, 0) is 43.5 Å². The van der Waals surface area contributed by atoms with Gasteiger partial charge in [-0.15, -0.1) is 0 Å². The van der Waals surface area contributed by atoms with Crippen LogP contribution >= 0.6 is 15.9 Å². The van der Waals surface area contributed by atoms with Crippen LogP contribution in [0.5, 0.6) is 0 Å². The number of benzene rings is 1. The first-order valence-electron chi connectivity index (χ1n) is 7.64. The molecule has 2 N–H and O–H groups in total. The Balaban J connectivity index is 2.10. The molecule has 0 saturated carbocycles. The van der Waals surface area contributed by atoms with E-state index in [-0.39, 0.29) is 11.9 Å². The van der Waals surface area contributed by atoms with E-state index in [9.17, 15) is 4.79 Å². The Morgan fingerprint density at radius 1 is 1.48 bits per heavy atom. The van der Waals surface area contributed by atoms with Gasteiger partial charge in [0.2, 0.25) is 5.91 Å². The van der Waals surface area contributed by atoms with Gasteiger partial charge in [-0.3, -0.25) is 4.79 Å². The fourth-order valence-corrected chi connectivity index (χ4v) is 3.28. The zero-order chi connectivity index (χ0) is 15.2. The smallest absolute Gasteiger partial charge is 0.242 e. The van der Waals surface area contributed by atoms with Crippen LogP contribution in [0.25, 0.3) is 0 Å². The molecule has 5 heteroatoms. The molecular formula is C16H24BrN3O. The summed E-state index contributed by atoms with van der Waals surface area (Å²) < 4.78 is 1.10. The summed E-state index contributed by atoms with van der Waals surface area (Å²) in [6, 6.07) is 6.35. The van der Waals surface area contributed by atoms with Gasteiger partial charge in [-0.1, -0.05) is 28.9 Å². The highest BCUT2D eigenvalue weighted by atomic mass is 79.9. The SMILES string of the molecule is CCCNCc1ccc(N2CCCC2C(=O)NC)cc1Br. The molecule has 0 aliphatic carbocycles. The number of amides is 1. The van der Waals surface area contributed by atoms with E-state index >= 15 is 0 Å². The summed E-state index contributed by atoms with van der Waals surface area (Å²) in [6.45, 7) is 5.00. The second-order valence-electron chi connectivity index (χ2n) is 5.42. The maximum Gasteiger partial charge on any atom is 0.242 e. The highest BCUT2D eigenvalue weighted by Gasteiger charge is 2.30. The predicted octanol–water partition coefficient (Wildman–Crippen LogP) is 2.66. The van der Waals surface area contributed by atoms with Crippen molar-refractivity contribution in [3.05, 3.63) is 28.2 Å². The van der Waals surface area contributed by atoms with Gasteiger partial charge in [0, 0.05) is 30.3 Å². The molecule has 1 aliphatic heterocycles. The van der Waals surface area contributed by atoms with Gasteiger partial charge < -0.3 is 15.5 Å². The van der Waals surface area contributed by atoms with Gasteiger partial charge in [0.1, 0.15) is 6.04 Å². The Hall–Kier alpha value is -1.07. The Labute approximate surface area is 135 Å². The van der Waals surface area contributed by atoms with Crippen LogP contribution in [0.2, 0.25) is 0 Å². The van der Waals surface area contributed by atoms with Crippen LogP contribution in [0.15, 0.2) is 22.7 Å². The molecule has 0 aromatic heterocycles. The van der Waals surface area contributed by atoms with E-state index in [1.165, 1.54) is 5.56 Å². The summed E-state index contributed by atoms with van der Waals surface area (Å²) >= 11 is 3.65. The average molecular weight is 354 g/mol. The number of anilines is 1. The first kappa shape index (κ1) is 16.3. The number of rotatable bonds is 6. The number of nitrogens with zero attached hydrogens (tertiary/aromatic N) is 1. The van der Waals surface area contributed by atoms with Crippen LogP contribution in [0.3, 0.4) is 0 Å². The largest absolute Gasteiger partial charge is 0.359 e. The molecule has 1 fully saturated rings. The Bertz CT molecular complexity index is 492. The number of halogens is 1. The van der Waals surface area contributed by atoms with E-state index in [0.29, 0.717) is 0 Å². The third-order valence-electron chi connectivity index (χ3n) is 3.91. The van der Waals surface area contributed by atoms with Gasteiger partial charge in [-0.25, -0.2) is 0 Å².